The van der Waals surface area contributed by atoms with Gasteiger partial charge in [0.2, 0.25) is 0 Å². The van der Waals surface area contributed by atoms with E-state index >= 15 is 0 Å². The van der Waals surface area contributed by atoms with Gasteiger partial charge in [-0.15, -0.1) is 0 Å². The van der Waals surface area contributed by atoms with E-state index in [9.17, 15) is 19.3 Å². The number of aromatic carboxylic acids is 1. The summed E-state index contributed by atoms with van der Waals surface area (Å²) in [7, 11) is 0. The average molecular weight is 283 g/mol. The maximum absolute atomic E-state index is 13.8. The van der Waals surface area contributed by atoms with Crippen LogP contribution in [0.2, 0.25) is 0 Å². The van der Waals surface area contributed by atoms with E-state index in [2.05, 4.69) is 5.32 Å². The zero-order valence-corrected chi connectivity index (χ0v) is 10.6. The molecular formula is C12H14FN3O4. The van der Waals surface area contributed by atoms with Crippen LogP contribution in [0.15, 0.2) is 12.1 Å². The molecule has 0 bridgehead atoms. The number of nitrogens with zero attached hydrogens (tertiary/aromatic N) is 2. The fourth-order valence-electron chi connectivity index (χ4n) is 2.20. The lowest BCUT2D eigenvalue weighted by Gasteiger charge is -2.22. The van der Waals surface area contributed by atoms with Gasteiger partial charge in [0, 0.05) is 31.8 Å². The molecular weight excluding hydrogens is 269 g/mol. The van der Waals surface area contributed by atoms with Crippen molar-refractivity contribution in [1.82, 2.24) is 5.32 Å². The first-order valence-electron chi connectivity index (χ1n) is 6.17. The van der Waals surface area contributed by atoms with Crippen molar-refractivity contribution in [2.75, 3.05) is 31.1 Å². The van der Waals surface area contributed by atoms with Gasteiger partial charge in [0.15, 0.2) is 0 Å². The van der Waals surface area contributed by atoms with Gasteiger partial charge < -0.3 is 15.3 Å². The highest BCUT2D eigenvalue weighted by molar-refractivity contribution is 5.90. The van der Waals surface area contributed by atoms with E-state index in [1.807, 2.05) is 0 Å². The third kappa shape index (κ3) is 2.85. The van der Waals surface area contributed by atoms with E-state index in [4.69, 9.17) is 5.11 Å². The van der Waals surface area contributed by atoms with Crippen molar-refractivity contribution >= 4 is 17.3 Å². The largest absolute Gasteiger partial charge is 0.478 e. The second-order valence-corrected chi connectivity index (χ2v) is 4.47. The fourth-order valence-corrected chi connectivity index (χ4v) is 2.20. The van der Waals surface area contributed by atoms with Crippen molar-refractivity contribution in [3.8, 4) is 0 Å². The highest BCUT2D eigenvalue weighted by Crippen LogP contribution is 2.31. The quantitative estimate of drug-likeness (QED) is 0.640. The first-order valence-corrected chi connectivity index (χ1v) is 6.17. The molecule has 0 saturated carbocycles. The molecule has 0 unspecified atom stereocenters. The maximum atomic E-state index is 13.8. The molecule has 20 heavy (non-hydrogen) atoms. The predicted octanol–water partition coefficient (Wildman–Crippen LogP) is 1.23. The lowest BCUT2D eigenvalue weighted by molar-refractivity contribution is -0.384. The standard InChI is InChI=1S/C12H14FN3O4/c13-9-7-10(15-4-1-2-14-3-5-15)11(16(19)20)6-8(9)12(17)18/h6-7,14H,1-5H2,(H,17,18). The first-order chi connectivity index (χ1) is 9.50. The van der Waals surface area contributed by atoms with Gasteiger partial charge in [-0.05, 0) is 13.0 Å². The van der Waals surface area contributed by atoms with Crippen molar-refractivity contribution in [1.29, 1.82) is 0 Å². The molecule has 0 aliphatic carbocycles. The van der Waals surface area contributed by atoms with Gasteiger partial charge in [0.05, 0.1) is 4.92 Å². The molecule has 7 nitrogen and oxygen atoms in total. The number of anilines is 1. The molecule has 0 aromatic heterocycles. The Labute approximate surface area is 114 Å². The Hall–Kier alpha value is -2.22. The van der Waals surface area contributed by atoms with Gasteiger partial charge in [-0.3, -0.25) is 10.1 Å². The van der Waals surface area contributed by atoms with Crippen molar-refractivity contribution in [2.45, 2.75) is 6.42 Å². The van der Waals surface area contributed by atoms with Gasteiger partial charge in [0.1, 0.15) is 17.1 Å². The van der Waals surface area contributed by atoms with Crippen LogP contribution in [0.25, 0.3) is 0 Å². The van der Waals surface area contributed by atoms with Crippen LogP contribution in [0.1, 0.15) is 16.8 Å². The summed E-state index contributed by atoms with van der Waals surface area (Å²) in [6.07, 6.45) is 0.777. The molecule has 108 valence electrons. The van der Waals surface area contributed by atoms with Crippen LogP contribution in [0.4, 0.5) is 15.8 Å². The van der Waals surface area contributed by atoms with Crippen LogP contribution in [0, 0.1) is 15.9 Å². The number of nitrogens with one attached hydrogen (secondary N) is 1. The van der Waals surface area contributed by atoms with E-state index in [-0.39, 0.29) is 11.4 Å². The molecule has 1 heterocycles. The minimum Gasteiger partial charge on any atom is -0.478 e. The summed E-state index contributed by atoms with van der Waals surface area (Å²) in [5.74, 6) is -2.48. The highest BCUT2D eigenvalue weighted by Gasteiger charge is 2.25. The van der Waals surface area contributed by atoms with Gasteiger partial charge in [-0.2, -0.15) is 0 Å². The van der Waals surface area contributed by atoms with E-state index in [1.54, 1.807) is 4.90 Å². The Bertz CT molecular complexity index is 542. The van der Waals surface area contributed by atoms with Crippen molar-refractivity contribution in [3.05, 3.63) is 33.6 Å². The molecule has 2 rings (SSSR count). The molecule has 0 amide bonds. The minimum atomic E-state index is -1.52. The predicted molar refractivity (Wildman–Crippen MR) is 69.7 cm³/mol. The number of carboxylic acids is 1. The van der Waals surface area contributed by atoms with Gasteiger partial charge in [-0.1, -0.05) is 0 Å². The molecule has 0 radical (unpaired) electrons. The number of benzene rings is 1. The Kier molecular flexibility index (Phi) is 4.14. The van der Waals surface area contributed by atoms with Crippen LogP contribution >= 0.6 is 0 Å². The number of hydrogen-bond donors (Lipinski definition) is 2. The Balaban J connectivity index is 2.47. The third-order valence-corrected chi connectivity index (χ3v) is 3.17. The summed E-state index contributed by atoms with van der Waals surface area (Å²) < 4.78 is 13.8. The van der Waals surface area contributed by atoms with E-state index < -0.39 is 22.3 Å². The summed E-state index contributed by atoms with van der Waals surface area (Å²) in [6.45, 7) is 2.49. The zero-order chi connectivity index (χ0) is 14.7. The normalized spacial score (nSPS) is 15.8. The number of halogens is 1. The summed E-state index contributed by atoms with van der Waals surface area (Å²) in [5, 5.41) is 23.1. The molecule has 1 aromatic rings. The van der Waals surface area contributed by atoms with Crippen LogP contribution < -0.4 is 10.2 Å². The number of rotatable bonds is 3. The van der Waals surface area contributed by atoms with E-state index in [0.29, 0.717) is 19.6 Å². The Morgan fingerprint density at radius 3 is 2.80 bits per heavy atom. The highest BCUT2D eigenvalue weighted by atomic mass is 19.1. The van der Waals surface area contributed by atoms with Gasteiger partial charge >= 0.3 is 5.97 Å². The number of nitro benzene ring substituents is 1. The van der Waals surface area contributed by atoms with Crippen LogP contribution in [-0.4, -0.2) is 42.2 Å². The van der Waals surface area contributed by atoms with Gasteiger partial charge in [0.25, 0.3) is 5.69 Å². The van der Waals surface area contributed by atoms with Crippen LogP contribution in [-0.2, 0) is 0 Å². The monoisotopic (exact) mass is 283 g/mol. The SMILES string of the molecule is O=C(O)c1cc([N+](=O)[O-])c(N2CCCNCC2)cc1F. The van der Waals surface area contributed by atoms with E-state index in [0.717, 1.165) is 25.1 Å². The number of carbonyl (C=O) groups is 1. The molecule has 1 fully saturated rings. The van der Waals surface area contributed by atoms with Crippen molar-refractivity contribution in [2.24, 2.45) is 0 Å². The number of hydrogen-bond acceptors (Lipinski definition) is 5. The molecule has 1 saturated heterocycles. The molecule has 1 aromatic carbocycles. The molecule has 0 spiro atoms. The maximum Gasteiger partial charge on any atom is 0.338 e. The average Bonchev–Trinajstić information content (AvgIpc) is 2.66. The van der Waals surface area contributed by atoms with Gasteiger partial charge in [-0.25, -0.2) is 9.18 Å². The molecule has 2 N–H and O–H groups in total. The summed E-state index contributed by atoms with van der Waals surface area (Å²) in [6, 6.07) is 1.72. The summed E-state index contributed by atoms with van der Waals surface area (Å²) >= 11 is 0. The summed E-state index contributed by atoms with van der Waals surface area (Å²) in [5.41, 5.74) is -0.944. The molecule has 1 aliphatic heterocycles. The Morgan fingerprint density at radius 2 is 2.15 bits per heavy atom. The smallest absolute Gasteiger partial charge is 0.338 e. The van der Waals surface area contributed by atoms with E-state index in [1.165, 1.54) is 0 Å². The third-order valence-electron chi connectivity index (χ3n) is 3.17. The molecule has 8 heteroatoms. The van der Waals surface area contributed by atoms with Crippen molar-refractivity contribution < 1.29 is 19.2 Å². The number of nitro groups is 1. The lowest BCUT2D eigenvalue weighted by atomic mass is 10.1. The number of carboxylic acid groups (broad SMARTS) is 1. The zero-order valence-electron chi connectivity index (χ0n) is 10.6. The first kappa shape index (κ1) is 14.2. The molecule has 1 aliphatic rings. The molecule has 0 atom stereocenters. The minimum absolute atomic E-state index is 0.126. The van der Waals surface area contributed by atoms with Crippen LogP contribution in [0.3, 0.4) is 0 Å². The second kappa shape index (κ2) is 5.83. The van der Waals surface area contributed by atoms with Crippen LogP contribution in [0.5, 0.6) is 0 Å². The Morgan fingerprint density at radius 1 is 1.40 bits per heavy atom. The van der Waals surface area contributed by atoms with Crippen molar-refractivity contribution in [3.63, 3.8) is 0 Å². The fraction of sp³-hybridized carbons (Fsp3) is 0.417. The second-order valence-electron chi connectivity index (χ2n) is 4.47. The summed E-state index contributed by atoms with van der Waals surface area (Å²) in [4.78, 5) is 23.0. The lowest BCUT2D eigenvalue weighted by Crippen LogP contribution is -2.28. The topological polar surface area (TPSA) is 95.7 Å².